The van der Waals surface area contributed by atoms with E-state index < -0.39 is 0 Å². The van der Waals surface area contributed by atoms with Gasteiger partial charge in [-0.25, -0.2) is 0 Å². The molecule has 0 atom stereocenters. The summed E-state index contributed by atoms with van der Waals surface area (Å²) in [6, 6.07) is 0. The average Bonchev–Trinajstić information content (AvgIpc) is 1.41. The third kappa shape index (κ3) is 4.35. The summed E-state index contributed by atoms with van der Waals surface area (Å²) < 4.78 is 0. The second-order valence-electron chi connectivity index (χ2n) is 1.08. The lowest BCUT2D eigenvalue weighted by atomic mass is 10.4. The molecule has 0 spiro atoms. The lowest BCUT2D eigenvalue weighted by Gasteiger charge is -1.78. The number of hydrogen-bond donors (Lipinski definition) is 1. The van der Waals surface area contributed by atoms with E-state index in [0.717, 1.165) is 5.75 Å². The molecule has 5 heavy (non-hydrogen) atoms. The van der Waals surface area contributed by atoms with Crippen molar-refractivity contribution in [1.82, 2.24) is 0 Å². The number of thiol groups is 1. The molecule has 0 saturated heterocycles. The molecule has 0 aliphatic rings. The van der Waals surface area contributed by atoms with Crippen molar-refractivity contribution < 1.29 is 0 Å². The van der Waals surface area contributed by atoms with E-state index in [4.69, 9.17) is 0 Å². The van der Waals surface area contributed by atoms with Crippen LogP contribution in [0.2, 0.25) is 0 Å². The van der Waals surface area contributed by atoms with Crippen LogP contribution in [-0.4, -0.2) is 5.75 Å². The van der Waals surface area contributed by atoms with Gasteiger partial charge in [0.05, 0.1) is 0 Å². The van der Waals surface area contributed by atoms with Gasteiger partial charge in [-0.3, -0.25) is 0 Å². The van der Waals surface area contributed by atoms with E-state index in [1.165, 1.54) is 12.8 Å². The second kappa shape index (κ2) is 4.35. The van der Waals surface area contributed by atoms with Crippen molar-refractivity contribution >= 4 is 12.6 Å². The first-order valence-corrected chi connectivity index (χ1v) is 2.66. The molecular formula is C4H10S. The normalized spacial score (nSPS) is 8.40. The lowest BCUT2D eigenvalue weighted by Crippen LogP contribution is -1.65. The number of rotatable bonds is 2. The highest BCUT2D eigenvalue weighted by Crippen LogP contribution is 1.85. The zero-order valence-corrected chi connectivity index (χ0v) is 4.46. The maximum Gasteiger partial charge on any atom is -0.00980 e. The van der Waals surface area contributed by atoms with Gasteiger partial charge in [-0.2, -0.15) is 12.6 Å². The molecule has 0 aliphatic heterocycles. The molecular weight excluding hydrogens is 83.0 g/mol. The Morgan fingerprint density at radius 1 is 1.60 bits per heavy atom. The summed E-state index contributed by atoms with van der Waals surface area (Å²) >= 11 is 4.00. The van der Waals surface area contributed by atoms with E-state index in [2.05, 4.69) is 19.6 Å². The zero-order chi connectivity index (χ0) is 4.12. The van der Waals surface area contributed by atoms with Gasteiger partial charge in [0.2, 0.25) is 0 Å². The van der Waals surface area contributed by atoms with Crippen LogP contribution in [0.5, 0.6) is 0 Å². The average molecular weight is 93.1 g/mol. The van der Waals surface area contributed by atoms with Crippen molar-refractivity contribution in [2.24, 2.45) is 0 Å². The van der Waals surface area contributed by atoms with Gasteiger partial charge in [-0.05, 0) is 12.2 Å². The molecule has 0 N–H and O–H groups in total. The smallest absolute Gasteiger partial charge is 0.00980 e. The molecule has 0 heterocycles. The van der Waals surface area contributed by atoms with Gasteiger partial charge in [-0.15, -0.1) is 0 Å². The van der Waals surface area contributed by atoms with Gasteiger partial charge >= 0.3 is 0 Å². The summed E-state index contributed by atoms with van der Waals surface area (Å²) in [4.78, 5) is 0. The fraction of sp³-hybridized carbons (Fsp3) is 1.00. The van der Waals surface area contributed by atoms with Crippen molar-refractivity contribution in [1.29, 1.82) is 0 Å². The highest BCUT2D eigenvalue weighted by molar-refractivity contribution is 7.80. The van der Waals surface area contributed by atoms with Crippen LogP contribution in [-0.2, 0) is 0 Å². The highest BCUT2D eigenvalue weighted by atomic mass is 35.0. The first-order valence-electron chi connectivity index (χ1n) is 2.02. The Morgan fingerprint density at radius 2 is 2.20 bits per heavy atom. The maximum atomic E-state index is 4.00. The fourth-order valence-electron chi connectivity index (χ4n) is 0.158. The number of hydrogen-bond acceptors (Lipinski definition) is 1. The van der Waals surface area contributed by atoms with Crippen LogP contribution in [0.25, 0.3) is 0 Å². The molecule has 0 aliphatic carbocycles. The summed E-state index contributed by atoms with van der Waals surface area (Å²) in [5.41, 5.74) is 0. The van der Waals surface area contributed by atoms with Crippen LogP contribution in [0, 0.1) is 0 Å². The molecule has 0 unspecified atom stereocenters. The van der Waals surface area contributed by atoms with Gasteiger partial charge < -0.3 is 0 Å². The van der Waals surface area contributed by atoms with Crippen molar-refractivity contribution in [3.63, 3.8) is 0 Å². The van der Waals surface area contributed by atoms with E-state index in [9.17, 15) is 0 Å². The molecule has 0 radical (unpaired) electrons. The minimum absolute atomic E-state index is 1.04. The summed E-state index contributed by atoms with van der Waals surface area (Å²) in [5, 5.41) is 0. The first-order chi connectivity index (χ1) is 2.41. The topological polar surface area (TPSA) is 0 Å². The quantitative estimate of drug-likeness (QED) is 0.494. The molecule has 32 valence electrons. The number of unbranched alkanes of at least 4 members (excludes halogenated alkanes) is 1. The van der Waals surface area contributed by atoms with E-state index in [1.807, 2.05) is 0 Å². The van der Waals surface area contributed by atoms with Gasteiger partial charge in [0, 0.05) is 0 Å². The minimum Gasteiger partial charge on any atom is -0.179 e. The fourth-order valence-corrected chi connectivity index (χ4v) is 0.474. The largest absolute Gasteiger partial charge is 0.179 e. The monoisotopic (exact) mass is 93.0 g/mol. The maximum absolute atomic E-state index is 4.00. The first kappa shape index (κ1) is 5.35. The van der Waals surface area contributed by atoms with Gasteiger partial charge in [0.1, 0.15) is 0 Å². The Labute approximate surface area is 39.0 Å². The third-order valence-electron chi connectivity index (χ3n) is 0.512. The van der Waals surface area contributed by atoms with E-state index >= 15 is 0 Å². The zero-order valence-electron chi connectivity index (χ0n) is 3.57. The van der Waals surface area contributed by atoms with Gasteiger partial charge in [0.15, 0.2) is 0 Å². The molecule has 0 aromatic carbocycles. The standard InChI is InChI=1S/C4H10S/c1-2-3-4-5/h5H,2-4H2,1H3/i5+3. The van der Waals surface area contributed by atoms with Gasteiger partial charge in [-0.1, -0.05) is 13.3 Å². The molecule has 1 heteroatoms. The minimum atomic E-state index is 1.04. The van der Waals surface area contributed by atoms with Crippen LogP contribution in [0.1, 0.15) is 19.8 Å². The van der Waals surface area contributed by atoms with E-state index in [0.29, 0.717) is 0 Å². The summed E-state index contributed by atoms with van der Waals surface area (Å²) in [5.74, 6) is 1.04. The van der Waals surface area contributed by atoms with Crippen LogP contribution < -0.4 is 0 Å². The Hall–Kier alpha value is 0.350. The second-order valence-corrected chi connectivity index (χ2v) is 1.52. The van der Waals surface area contributed by atoms with Crippen LogP contribution in [0.4, 0.5) is 0 Å². The Balaban J connectivity index is 2.19. The molecule has 0 aromatic heterocycles. The highest BCUT2D eigenvalue weighted by Gasteiger charge is 1.68. The van der Waals surface area contributed by atoms with E-state index in [-0.39, 0.29) is 0 Å². The molecule has 0 bridgehead atoms. The van der Waals surface area contributed by atoms with Crippen LogP contribution >= 0.6 is 12.6 Å². The summed E-state index contributed by atoms with van der Waals surface area (Å²) in [6.45, 7) is 2.16. The SMILES string of the molecule is CCCC[35SH]. The van der Waals surface area contributed by atoms with Crippen molar-refractivity contribution in [3.8, 4) is 0 Å². The molecule has 0 nitrogen and oxygen atoms in total. The van der Waals surface area contributed by atoms with E-state index in [1.54, 1.807) is 0 Å². The van der Waals surface area contributed by atoms with Crippen LogP contribution in [0.3, 0.4) is 0 Å². The Morgan fingerprint density at radius 3 is 2.20 bits per heavy atom. The Bertz CT molecular complexity index is 11.1. The summed E-state index contributed by atoms with van der Waals surface area (Å²) in [7, 11) is 0. The van der Waals surface area contributed by atoms with Crippen molar-refractivity contribution in [3.05, 3.63) is 0 Å². The molecule has 0 amide bonds. The molecule has 0 saturated carbocycles. The third-order valence-corrected chi connectivity index (χ3v) is 0.828. The van der Waals surface area contributed by atoms with Crippen LogP contribution in [0.15, 0.2) is 0 Å². The van der Waals surface area contributed by atoms with Gasteiger partial charge in [0.25, 0.3) is 0 Å². The van der Waals surface area contributed by atoms with Crippen molar-refractivity contribution in [2.45, 2.75) is 19.8 Å². The van der Waals surface area contributed by atoms with Crippen molar-refractivity contribution in [2.75, 3.05) is 5.75 Å². The molecule has 0 fully saturated rings. The molecule has 0 rings (SSSR count). The Kier molecular flexibility index (Phi) is 4.65. The predicted octanol–water partition coefficient (Wildman–Crippen LogP) is 1.72. The predicted molar refractivity (Wildman–Crippen MR) is 28.8 cm³/mol. The molecule has 0 aromatic rings. The summed E-state index contributed by atoms with van der Waals surface area (Å²) in [6.07, 6.45) is 2.52. The lowest BCUT2D eigenvalue weighted by molar-refractivity contribution is 0.899.